The number of nitrogens with two attached hydrogens (primary N) is 1. The van der Waals surface area contributed by atoms with E-state index in [1.54, 1.807) is 12.1 Å². The number of phenols is 1. The smallest absolute Gasteiger partial charge is 0.117 e. The van der Waals surface area contributed by atoms with Gasteiger partial charge < -0.3 is 14.8 Å². The largest absolute Gasteiger partial charge is 0.508 e. The monoisotopic (exact) mass is 286 g/mol. The Hall–Kier alpha value is -2.04. The summed E-state index contributed by atoms with van der Waals surface area (Å²) in [5.74, 6) is 5.39. The van der Waals surface area contributed by atoms with Gasteiger partial charge in [-0.25, -0.2) is 5.90 Å². The molecule has 0 unspecified atom stereocenters. The molecule has 0 aliphatic carbocycles. The molecule has 2 rings (SSSR count). The Morgan fingerprint density at radius 3 is 2.48 bits per heavy atom. The molecule has 0 saturated heterocycles. The van der Waals surface area contributed by atoms with Gasteiger partial charge in [0.2, 0.25) is 0 Å². The molecule has 0 atom stereocenters. The second kappa shape index (κ2) is 7.67. The molecule has 2 aromatic carbocycles. The number of benzene rings is 2. The molecule has 0 aromatic heterocycles. The van der Waals surface area contributed by atoms with Crippen LogP contribution in [-0.2, 0) is 11.3 Å². The molecule has 112 valence electrons. The van der Waals surface area contributed by atoms with Gasteiger partial charge in [0.15, 0.2) is 0 Å². The molecular weight excluding hydrogens is 264 g/mol. The summed E-state index contributed by atoms with van der Waals surface area (Å²) in [4.78, 5) is 6.78. The second-order valence-corrected chi connectivity index (χ2v) is 4.96. The van der Waals surface area contributed by atoms with E-state index in [2.05, 4.69) is 36.1 Å². The van der Waals surface area contributed by atoms with Crippen molar-refractivity contribution in [3.8, 4) is 5.75 Å². The first-order valence-corrected chi connectivity index (χ1v) is 7.21. The average Bonchev–Trinajstić information content (AvgIpc) is 2.50. The number of phenolic OH excluding ortho intramolecular Hbond substituents is 1. The summed E-state index contributed by atoms with van der Waals surface area (Å²) in [6.07, 6.45) is 2.22. The van der Waals surface area contributed by atoms with Crippen LogP contribution in [0.1, 0.15) is 18.9 Å². The topological polar surface area (TPSA) is 58.7 Å². The first-order chi connectivity index (χ1) is 10.2. The number of aromatic hydroxyl groups is 1. The van der Waals surface area contributed by atoms with Crippen LogP contribution in [0.2, 0.25) is 0 Å². The molecule has 0 radical (unpaired) electrons. The van der Waals surface area contributed by atoms with Gasteiger partial charge in [0.25, 0.3) is 0 Å². The van der Waals surface area contributed by atoms with Crippen LogP contribution in [0.5, 0.6) is 5.75 Å². The summed E-state index contributed by atoms with van der Waals surface area (Å²) >= 11 is 0. The fourth-order valence-electron chi connectivity index (χ4n) is 2.34. The van der Waals surface area contributed by atoms with Gasteiger partial charge in [-0.2, -0.15) is 0 Å². The quantitative estimate of drug-likeness (QED) is 0.766. The van der Waals surface area contributed by atoms with Gasteiger partial charge in [0.05, 0.1) is 6.61 Å². The van der Waals surface area contributed by atoms with Crippen molar-refractivity contribution < 1.29 is 9.94 Å². The van der Waals surface area contributed by atoms with Crippen LogP contribution < -0.4 is 10.8 Å². The van der Waals surface area contributed by atoms with Crippen LogP contribution in [0, 0.1) is 0 Å². The van der Waals surface area contributed by atoms with Crippen LogP contribution in [0.4, 0.5) is 11.4 Å². The molecule has 4 nitrogen and oxygen atoms in total. The van der Waals surface area contributed by atoms with Gasteiger partial charge in [-0.3, -0.25) is 0 Å². The standard InChI is InChI=1S/C17H22N2O2/c1-2-4-14-7-9-15(10-8-14)19(11-12-21-18)16-5-3-6-17(20)13-16/h3,5-10,13,20H,2,4,11-12,18H2,1H3. The van der Waals surface area contributed by atoms with Crippen molar-refractivity contribution in [3.63, 3.8) is 0 Å². The van der Waals surface area contributed by atoms with E-state index >= 15 is 0 Å². The Kier molecular flexibility index (Phi) is 5.60. The summed E-state index contributed by atoms with van der Waals surface area (Å²) < 4.78 is 0. The van der Waals surface area contributed by atoms with Crippen molar-refractivity contribution in [1.29, 1.82) is 0 Å². The first-order valence-electron chi connectivity index (χ1n) is 7.21. The molecule has 0 aliphatic heterocycles. The molecule has 0 heterocycles. The van der Waals surface area contributed by atoms with Crippen molar-refractivity contribution >= 4 is 11.4 Å². The van der Waals surface area contributed by atoms with E-state index in [4.69, 9.17) is 10.7 Å². The van der Waals surface area contributed by atoms with Crippen molar-refractivity contribution in [1.82, 2.24) is 0 Å². The Bertz CT molecular complexity index is 555. The van der Waals surface area contributed by atoms with E-state index in [-0.39, 0.29) is 5.75 Å². The van der Waals surface area contributed by atoms with Gasteiger partial charge in [0, 0.05) is 24.0 Å². The lowest BCUT2D eigenvalue weighted by atomic mass is 10.1. The van der Waals surface area contributed by atoms with Crippen LogP contribution in [0.3, 0.4) is 0 Å². The SMILES string of the molecule is CCCc1ccc(N(CCON)c2cccc(O)c2)cc1. The minimum absolute atomic E-state index is 0.244. The van der Waals surface area contributed by atoms with E-state index in [0.29, 0.717) is 13.2 Å². The molecule has 0 amide bonds. The van der Waals surface area contributed by atoms with E-state index in [9.17, 15) is 5.11 Å². The summed E-state index contributed by atoms with van der Waals surface area (Å²) in [5.41, 5.74) is 3.29. The zero-order valence-corrected chi connectivity index (χ0v) is 12.3. The maximum Gasteiger partial charge on any atom is 0.117 e. The van der Waals surface area contributed by atoms with Gasteiger partial charge >= 0.3 is 0 Å². The highest BCUT2D eigenvalue weighted by Gasteiger charge is 2.10. The number of aryl methyl sites for hydroxylation is 1. The van der Waals surface area contributed by atoms with Crippen molar-refractivity contribution in [2.24, 2.45) is 5.90 Å². The number of hydrogen-bond donors (Lipinski definition) is 2. The zero-order valence-electron chi connectivity index (χ0n) is 12.3. The Balaban J connectivity index is 2.26. The minimum Gasteiger partial charge on any atom is -0.508 e. The van der Waals surface area contributed by atoms with E-state index in [1.165, 1.54) is 5.56 Å². The van der Waals surface area contributed by atoms with E-state index in [1.807, 2.05) is 12.1 Å². The molecule has 0 aliphatic rings. The predicted octanol–water partition coefficient (Wildman–Crippen LogP) is 3.37. The summed E-state index contributed by atoms with van der Waals surface area (Å²) in [6, 6.07) is 15.6. The lowest BCUT2D eigenvalue weighted by Crippen LogP contribution is -2.23. The fraction of sp³-hybridized carbons (Fsp3) is 0.294. The highest BCUT2D eigenvalue weighted by atomic mass is 16.6. The van der Waals surface area contributed by atoms with Gasteiger partial charge in [0.1, 0.15) is 5.75 Å². The van der Waals surface area contributed by atoms with E-state index < -0.39 is 0 Å². The maximum absolute atomic E-state index is 9.67. The molecule has 21 heavy (non-hydrogen) atoms. The molecule has 2 aromatic rings. The zero-order chi connectivity index (χ0) is 15.1. The van der Waals surface area contributed by atoms with Crippen molar-refractivity contribution in [2.45, 2.75) is 19.8 Å². The molecule has 4 heteroatoms. The molecule has 3 N–H and O–H groups in total. The summed E-state index contributed by atoms with van der Waals surface area (Å²) in [5, 5.41) is 9.67. The van der Waals surface area contributed by atoms with Gasteiger partial charge in [-0.05, 0) is 36.2 Å². The molecule has 0 fully saturated rings. The predicted molar refractivity (Wildman–Crippen MR) is 85.7 cm³/mol. The first kappa shape index (κ1) is 15.4. The minimum atomic E-state index is 0.244. The third kappa shape index (κ3) is 4.21. The van der Waals surface area contributed by atoms with Gasteiger partial charge in [-0.15, -0.1) is 0 Å². The lowest BCUT2D eigenvalue weighted by molar-refractivity contribution is 0.146. The normalized spacial score (nSPS) is 10.6. The van der Waals surface area contributed by atoms with E-state index in [0.717, 1.165) is 24.2 Å². The van der Waals surface area contributed by atoms with Crippen LogP contribution in [-0.4, -0.2) is 18.3 Å². The van der Waals surface area contributed by atoms with Crippen LogP contribution in [0.25, 0.3) is 0 Å². The number of anilines is 2. The highest BCUT2D eigenvalue weighted by Crippen LogP contribution is 2.28. The molecule has 0 spiro atoms. The van der Waals surface area contributed by atoms with Crippen LogP contribution >= 0.6 is 0 Å². The molecule has 0 saturated carbocycles. The number of nitrogens with zero attached hydrogens (tertiary/aromatic N) is 1. The average molecular weight is 286 g/mol. The molecule has 0 bridgehead atoms. The number of rotatable bonds is 7. The number of hydrogen-bond acceptors (Lipinski definition) is 4. The Morgan fingerprint density at radius 2 is 1.86 bits per heavy atom. The lowest BCUT2D eigenvalue weighted by Gasteiger charge is -2.25. The third-order valence-electron chi connectivity index (χ3n) is 3.36. The van der Waals surface area contributed by atoms with Gasteiger partial charge in [-0.1, -0.05) is 31.5 Å². The molecular formula is C17H22N2O2. The second-order valence-electron chi connectivity index (χ2n) is 4.96. The maximum atomic E-state index is 9.67. The summed E-state index contributed by atoms with van der Waals surface area (Å²) in [7, 11) is 0. The highest BCUT2D eigenvalue weighted by molar-refractivity contribution is 5.64. The Labute approximate surface area is 125 Å². The Morgan fingerprint density at radius 1 is 1.10 bits per heavy atom. The van der Waals surface area contributed by atoms with Crippen molar-refractivity contribution in [2.75, 3.05) is 18.1 Å². The van der Waals surface area contributed by atoms with Crippen LogP contribution in [0.15, 0.2) is 48.5 Å². The third-order valence-corrected chi connectivity index (χ3v) is 3.36. The fourth-order valence-corrected chi connectivity index (χ4v) is 2.34. The van der Waals surface area contributed by atoms with Crippen molar-refractivity contribution in [3.05, 3.63) is 54.1 Å². The summed E-state index contributed by atoms with van der Waals surface area (Å²) in [6.45, 7) is 3.20.